The predicted octanol–water partition coefficient (Wildman–Crippen LogP) is 4.73. The lowest BCUT2D eigenvalue weighted by Gasteiger charge is -2.25. The van der Waals surface area contributed by atoms with Gasteiger partial charge >= 0.3 is 0 Å². The third kappa shape index (κ3) is 3.48. The monoisotopic (exact) mass is 288 g/mol. The Balaban J connectivity index is 2.15. The first-order valence-corrected chi connectivity index (χ1v) is 7.34. The van der Waals surface area contributed by atoms with Crippen molar-refractivity contribution in [2.45, 2.75) is 23.5 Å². The molecule has 2 aromatic rings. The van der Waals surface area contributed by atoms with Crippen LogP contribution in [0.1, 0.15) is 19.4 Å². The standard InChI is InChI=1S/C17H20O2S/c1-17(2,13-5-7-14(18-3)8-6-13)20-16-11-9-15(19-4)10-12-16/h5-12H,1-4H3. The van der Waals surface area contributed by atoms with Crippen LogP contribution >= 0.6 is 11.8 Å². The van der Waals surface area contributed by atoms with Crippen LogP contribution in [-0.4, -0.2) is 14.2 Å². The Morgan fingerprint density at radius 2 is 1.20 bits per heavy atom. The summed E-state index contributed by atoms with van der Waals surface area (Å²) in [6.07, 6.45) is 0. The van der Waals surface area contributed by atoms with E-state index in [1.165, 1.54) is 10.5 Å². The van der Waals surface area contributed by atoms with Gasteiger partial charge in [0, 0.05) is 9.64 Å². The minimum absolute atomic E-state index is 0.000853. The van der Waals surface area contributed by atoms with Crippen molar-refractivity contribution in [2.24, 2.45) is 0 Å². The van der Waals surface area contributed by atoms with Crippen LogP contribution in [-0.2, 0) is 4.75 Å². The van der Waals surface area contributed by atoms with Crippen molar-refractivity contribution in [2.75, 3.05) is 14.2 Å². The highest BCUT2D eigenvalue weighted by Gasteiger charge is 2.22. The topological polar surface area (TPSA) is 18.5 Å². The van der Waals surface area contributed by atoms with Gasteiger partial charge in [0.1, 0.15) is 11.5 Å². The van der Waals surface area contributed by atoms with E-state index in [0.29, 0.717) is 0 Å². The van der Waals surface area contributed by atoms with Crippen LogP contribution in [0, 0.1) is 0 Å². The Labute approximate surface area is 125 Å². The summed E-state index contributed by atoms with van der Waals surface area (Å²) in [5.74, 6) is 1.77. The molecule has 0 aliphatic rings. The van der Waals surface area contributed by atoms with Gasteiger partial charge in [-0.25, -0.2) is 0 Å². The van der Waals surface area contributed by atoms with Crippen LogP contribution in [0.2, 0.25) is 0 Å². The first-order valence-electron chi connectivity index (χ1n) is 6.53. The van der Waals surface area contributed by atoms with Gasteiger partial charge in [-0.15, -0.1) is 11.8 Å². The number of ether oxygens (including phenoxy) is 2. The van der Waals surface area contributed by atoms with Crippen LogP contribution in [0.25, 0.3) is 0 Å². The zero-order valence-corrected chi connectivity index (χ0v) is 13.2. The molecule has 0 unspecified atom stereocenters. The van der Waals surface area contributed by atoms with Gasteiger partial charge in [-0.05, 0) is 55.8 Å². The molecule has 3 heteroatoms. The summed E-state index contributed by atoms with van der Waals surface area (Å²) in [5, 5.41) is 0. The number of methoxy groups -OCH3 is 2. The molecule has 0 amide bonds. The van der Waals surface area contributed by atoms with E-state index in [4.69, 9.17) is 9.47 Å². The molecule has 0 saturated carbocycles. The summed E-state index contributed by atoms with van der Waals surface area (Å²) < 4.78 is 10.4. The van der Waals surface area contributed by atoms with Crippen molar-refractivity contribution in [3.05, 3.63) is 54.1 Å². The molecule has 0 heterocycles. The summed E-state index contributed by atoms with van der Waals surface area (Å²) in [6.45, 7) is 4.45. The van der Waals surface area contributed by atoms with E-state index in [1.54, 1.807) is 14.2 Å². The summed E-state index contributed by atoms with van der Waals surface area (Å²) >= 11 is 1.84. The van der Waals surface area contributed by atoms with E-state index in [0.717, 1.165) is 11.5 Å². The Morgan fingerprint density at radius 3 is 1.65 bits per heavy atom. The second kappa shape index (κ2) is 6.23. The van der Waals surface area contributed by atoms with Crippen LogP contribution in [0.3, 0.4) is 0 Å². The summed E-state index contributed by atoms with van der Waals surface area (Å²) in [5.41, 5.74) is 1.28. The van der Waals surface area contributed by atoms with Gasteiger partial charge in [0.15, 0.2) is 0 Å². The average Bonchev–Trinajstić information content (AvgIpc) is 2.48. The average molecular weight is 288 g/mol. The lowest BCUT2D eigenvalue weighted by Crippen LogP contribution is -2.11. The number of hydrogen-bond acceptors (Lipinski definition) is 3. The van der Waals surface area contributed by atoms with Crippen molar-refractivity contribution in [3.8, 4) is 11.5 Å². The largest absolute Gasteiger partial charge is 0.497 e. The number of hydrogen-bond donors (Lipinski definition) is 0. The maximum atomic E-state index is 5.20. The fraction of sp³-hybridized carbons (Fsp3) is 0.294. The van der Waals surface area contributed by atoms with E-state index in [9.17, 15) is 0 Å². The molecular weight excluding hydrogens is 268 g/mol. The van der Waals surface area contributed by atoms with Crippen molar-refractivity contribution in [3.63, 3.8) is 0 Å². The van der Waals surface area contributed by atoms with E-state index in [2.05, 4.69) is 38.1 Å². The first-order chi connectivity index (χ1) is 9.55. The van der Waals surface area contributed by atoms with Gasteiger partial charge < -0.3 is 9.47 Å². The molecule has 106 valence electrons. The molecule has 2 aromatic carbocycles. The number of rotatable bonds is 5. The summed E-state index contributed by atoms with van der Waals surface area (Å²) in [4.78, 5) is 1.23. The van der Waals surface area contributed by atoms with E-state index < -0.39 is 0 Å². The second-order valence-corrected chi connectivity index (χ2v) is 6.71. The van der Waals surface area contributed by atoms with Crippen molar-refractivity contribution >= 4 is 11.8 Å². The highest BCUT2D eigenvalue weighted by atomic mass is 32.2. The first kappa shape index (κ1) is 14.8. The molecule has 0 fully saturated rings. The highest BCUT2D eigenvalue weighted by Crippen LogP contribution is 2.41. The van der Waals surface area contributed by atoms with Crippen molar-refractivity contribution < 1.29 is 9.47 Å². The Bertz CT molecular complexity index is 544. The van der Waals surface area contributed by atoms with Gasteiger partial charge in [-0.3, -0.25) is 0 Å². The minimum atomic E-state index is 0.000853. The Hall–Kier alpha value is -1.61. The molecule has 0 spiro atoms. The van der Waals surface area contributed by atoms with Gasteiger partial charge in [-0.2, -0.15) is 0 Å². The Kier molecular flexibility index (Phi) is 4.61. The lowest BCUT2D eigenvalue weighted by molar-refractivity contribution is 0.414. The second-order valence-electron chi connectivity index (χ2n) is 5.02. The molecule has 0 aliphatic carbocycles. The van der Waals surface area contributed by atoms with E-state index in [-0.39, 0.29) is 4.75 Å². The van der Waals surface area contributed by atoms with Crippen LogP contribution < -0.4 is 9.47 Å². The lowest BCUT2D eigenvalue weighted by atomic mass is 10.0. The maximum Gasteiger partial charge on any atom is 0.118 e. The molecule has 2 nitrogen and oxygen atoms in total. The van der Waals surface area contributed by atoms with Gasteiger partial charge in [-0.1, -0.05) is 12.1 Å². The predicted molar refractivity (Wildman–Crippen MR) is 84.9 cm³/mol. The van der Waals surface area contributed by atoms with Crippen molar-refractivity contribution in [1.82, 2.24) is 0 Å². The molecule has 0 N–H and O–H groups in total. The quantitative estimate of drug-likeness (QED) is 0.741. The third-order valence-corrected chi connectivity index (χ3v) is 4.47. The van der Waals surface area contributed by atoms with Crippen LogP contribution in [0.5, 0.6) is 11.5 Å². The van der Waals surface area contributed by atoms with E-state index in [1.807, 2.05) is 36.0 Å². The fourth-order valence-electron chi connectivity index (χ4n) is 1.99. The molecular formula is C17H20O2S. The van der Waals surface area contributed by atoms with Crippen LogP contribution in [0.15, 0.2) is 53.4 Å². The SMILES string of the molecule is COc1ccc(SC(C)(C)c2ccc(OC)cc2)cc1. The molecule has 0 bridgehead atoms. The van der Waals surface area contributed by atoms with Gasteiger partial charge in [0.05, 0.1) is 14.2 Å². The Morgan fingerprint density at radius 1 is 0.750 bits per heavy atom. The van der Waals surface area contributed by atoms with Gasteiger partial charge in [0.25, 0.3) is 0 Å². The highest BCUT2D eigenvalue weighted by molar-refractivity contribution is 8.00. The summed E-state index contributed by atoms with van der Waals surface area (Å²) in [6, 6.07) is 16.4. The zero-order valence-electron chi connectivity index (χ0n) is 12.3. The summed E-state index contributed by atoms with van der Waals surface area (Å²) in [7, 11) is 3.37. The molecule has 0 saturated heterocycles. The van der Waals surface area contributed by atoms with Gasteiger partial charge in [0.2, 0.25) is 0 Å². The molecule has 0 aromatic heterocycles. The normalized spacial score (nSPS) is 11.2. The smallest absolute Gasteiger partial charge is 0.118 e. The van der Waals surface area contributed by atoms with E-state index >= 15 is 0 Å². The third-order valence-electron chi connectivity index (χ3n) is 3.22. The van der Waals surface area contributed by atoms with Crippen molar-refractivity contribution in [1.29, 1.82) is 0 Å². The zero-order chi connectivity index (χ0) is 14.6. The molecule has 0 aliphatic heterocycles. The number of benzene rings is 2. The molecule has 0 radical (unpaired) electrons. The number of thioether (sulfide) groups is 1. The molecule has 20 heavy (non-hydrogen) atoms. The maximum absolute atomic E-state index is 5.20. The fourth-order valence-corrected chi connectivity index (χ4v) is 3.11. The van der Waals surface area contributed by atoms with Crippen LogP contribution in [0.4, 0.5) is 0 Å². The molecule has 0 atom stereocenters. The molecule has 2 rings (SSSR count). The minimum Gasteiger partial charge on any atom is -0.497 e.